The average Bonchev–Trinajstić information content (AvgIpc) is 2.83. The van der Waals surface area contributed by atoms with E-state index in [1.807, 2.05) is 20.8 Å². The van der Waals surface area contributed by atoms with Gasteiger partial charge in [-0.15, -0.1) is 0 Å². The minimum absolute atomic E-state index is 0.163. The predicted molar refractivity (Wildman–Crippen MR) is 89.3 cm³/mol. The van der Waals surface area contributed by atoms with Crippen LogP contribution in [-0.2, 0) is 32.7 Å². The van der Waals surface area contributed by atoms with E-state index >= 15 is 0 Å². The maximum Gasteiger partial charge on any atom is 0.472 e. The molecule has 1 heterocycles. The second kappa shape index (κ2) is 7.54. The van der Waals surface area contributed by atoms with E-state index in [1.54, 1.807) is 6.92 Å². The van der Waals surface area contributed by atoms with E-state index in [0.29, 0.717) is 5.57 Å². The third-order valence-corrected chi connectivity index (χ3v) is 5.97. The van der Waals surface area contributed by atoms with Crippen LogP contribution < -0.4 is 0 Å². The summed E-state index contributed by atoms with van der Waals surface area (Å²) in [6.45, 7) is 6.26. The van der Waals surface area contributed by atoms with Crippen molar-refractivity contribution >= 4 is 25.4 Å². The molecule has 1 aliphatic heterocycles. The second-order valence-corrected chi connectivity index (χ2v) is 8.70. The third kappa shape index (κ3) is 4.53. The van der Waals surface area contributed by atoms with Gasteiger partial charge < -0.3 is 19.8 Å². The minimum Gasteiger partial charge on any atom is -0.449 e. The van der Waals surface area contributed by atoms with Crippen molar-refractivity contribution in [1.82, 2.24) is 0 Å². The van der Waals surface area contributed by atoms with Gasteiger partial charge in [0.05, 0.1) is 6.61 Å². The van der Waals surface area contributed by atoms with Gasteiger partial charge in [0.15, 0.2) is 11.9 Å². The van der Waals surface area contributed by atoms with E-state index in [0.717, 1.165) is 5.57 Å². The number of esters is 1. The van der Waals surface area contributed by atoms with Gasteiger partial charge in [0.1, 0.15) is 12.2 Å². The number of Topliss-reactive ketones (excluding diaryl/α,β-unsaturated/α-hetero) is 2. The molecule has 2 rings (SSSR count). The first-order valence-electron chi connectivity index (χ1n) is 8.25. The highest BCUT2D eigenvalue weighted by Gasteiger charge is 2.47. The Morgan fingerprint density at radius 1 is 1.30 bits per heavy atom. The lowest BCUT2D eigenvalue weighted by Crippen LogP contribution is -2.38. The SMILES string of the molecule is CC1=C(C)C(C)(C)CC(OP(=O)(O)OC[C@H](O)[C@H]2OC(=O)C(O)C2=O)C1=O. The summed E-state index contributed by atoms with van der Waals surface area (Å²) in [5.41, 5.74) is 0.869. The monoisotopic (exact) mass is 406 g/mol. The van der Waals surface area contributed by atoms with Gasteiger partial charge in [0.2, 0.25) is 11.9 Å². The fraction of sp³-hybridized carbons (Fsp3) is 0.688. The van der Waals surface area contributed by atoms with E-state index < -0.39 is 61.8 Å². The van der Waals surface area contributed by atoms with Crippen LogP contribution in [0.5, 0.6) is 0 Å². The molecule has 5 atom stereocenters. The summed E-state index contributed by atoms with van der Waals surface area (Å²) in [6.07, 6.45) is -6.55. The molecule has 1 aliphatic carbocycles. The van der Waals surface area contributed by atoms with E-state index in [-0.39, 0.29) is 6.42 Å². The second-order valence-electron chi connectivity index (χ2n) is 7.29. The highest BCUT2D eigenvalue weighted by atomic mass is 31.2. The van der Waals surface area contributed by atoms with Crippen LogP contribution in [0.25, 0.3) is 0 Å². The first-order chi connectivity index (χ1) is 12.3. The summed E-state index contributed by atoms with van der Waals surface area (Å²) in [4.78, 5) is 44.8. The van der Waals surface area contributed by atoms with E-state index in [4.69, 9.17) is 4.52 Å². The van der Waals surface area contributed by atoms with Crippen molar-refractivity contribution < 1.29 is 47.8 Å². The number of phosphoric ester groups is 1. The van der Waals surface area contributed by atoms with Crippen LogP contribution in [0, 0.1) is 5.41 Å². The number of hydrogen-bond acceptors (Lipinski definition) is 9. The molecule has 0 radical (unpaired) electrons. The molecule has 0 aromatic rings. The Bertz CT molecular complexity index is 739. The van der Waals surface area contributed by atoms with Crippen molar-refractivity contribution in [2.45, 2.75) is 58.5 Å². The highest BCUT2D eigenvalue weighted by molar-refractivity contribution is 7.47. The number of carbonyl (C=O) groups is 3. The van der Waals surface area contributed by atoms with Crippen molar-refractivity contribution in [2.24, 2.45) is 5.41 Å². The molecule has 27 heavy (non-hydrogen) atoms. The summed E-state index contributed by atoms with van der Waals surface area (Å²) in [6, 6.07) is 0. The topological polar surface area (TPSA) is 157 Å². The van der Waals surface area contributed by atoms with Crippen LogP contribution in [0.2, 0.25) is 0 Å². The quantitative estimate of drug-likeness (QED) is 0.312. The van der Waals surface area contributed by atoms with Gasteiger partial charge in [-0.2, -0.15) is 0 Å². The summed E-state index contributed by atoms with van der Waals surface area (Å²) < 4.78 is 26.3. The number of carbonyl (C=O) groups excluding carboxylic acids is 3. The van der Waals surface area contributed by atoms with Gasteiger partial charge in [-0.25, -0.2) is 9.36 Å². The van der Waals surface area contributed by atoms with Gasteiger partial charge in [0, 0.05) is 0 Å². The van der Waals surface area contributed by atoms with Gasteiger partial charge in [-0.1, -0.05) is 19.4 Å². The number of allylic oxidation sites excluding steroid dienone is 1. The molecule has 3 unspecified atom stereocenters. The molecule has 10 nitrogen and oxygen atoms in total. The summed E-state index contributed by atoms with van der Waals surface area (Å²) >= 11 is 0. The lowest BCUT2D eigenvalue weighted by molar-refractivity contribution is -0.151. The van der Waals surface area contributed by atoms with E-state index in [9.17, 15) is 34.1 Å². The van der Waals surface area contributed by atoms with E-state index in [2.05, 4.69) is 9.26 Å². The zero-order valence-electron chi connectivity index (χ0n) is 15.4. The summed E-state index contributed by atoms with van der Waals surface area (Å²) in [5.74, 6) is -2.74. The molecule has 0 aromatic carbocycles. The van der Waals surface area contributed by atoms with Crippen LogP contribution in [0.4, 0.5) is 0 Å². The molecule has 0 bridgehead atoms. The van der Waals surface area contributed by atoms with E-state index in [1.165, 1.54) is 0 Å². The lowest BCUT2D eigenvalue weighted by Gasteiger charge is -2.36. The molecule has 1 fully saturated rings. The number of aliphatic hydroxyl groups excluding tert-OH is 2. The summed E-state index contributed by atoms with van der Waals surface area (Å²) in [5, 5.41) is 19.0. The number of ether oxygens (including phenoxy) is 1. The van der Waals surface area contributed by atoms with Crippen LogP contribution in [0.15, 0.2) is 11.1 Å². The molecule has 1 saturated heterocycles. The van der Waals surface area contributed by atoms with Crippen LogP contribution >= 0.6 is 7.82 Å². The lowest BCUT2D eigenvalue weighted by atomic mass is 9.72. The molecule has 11 heteroatoms. The number of phosphoric acid groups is 1. The minimum atomic E-state index is -4.76. The fourth-order valence-electron chi connectivity index (χ4n) is 2.97. The predicted octanol–water partition coefficient (Wildman–Crippen LogP) is 0.0403. The largest absolute Gasteiger partial charge is 0.472 e. The standard InChI is InChI=1S/C16H23O10P/c1-7-8(2)16(3,4)5-10(11(7)18)26-27(22,23)24-6-9(17)14-12(19)13(20)15(21)25-14/h9-10,13-14,17,20H,5-6H2,1-4H3,(H,22,23)/t9-,10?,13?,14+/m0/s1. The molecular weight excluding hydrogens is 383 g/mol. The molecule has 0 amide bonds. The van der Waals surface area contributed by atoms with Gasteiger partial charge in [0.25, 0.3) is 0 Å². The number of aliphatic hydroxyl groups is 2. The molecule has 2 aliphatic rings. The third-order valence-electron chi connectivity index (χ3n) is 4.97. The van der Waals surface area contributed by atoms with Crippen LogP contribution in [0.1, 0.15) is 34.1 Å². The van der Waals surface area contributed by atoms with Gasteiger partial charge in [-0.05, 0) is 31.3 Å². The number of ketones is 2. The molecule has 0 saturated carbocycles. The van der Waals surface area contributed by atoms with Gasteiger partial charge >= 0.3 is 13.8 Å². The maximum atomic E-state index is 12.3. The van der Waals surface area contributed by atoms with Crippen molar-refractivity contribution in [2.75, 3.05) is 6.61 Å². The Morgan fingerprint density at radius 2 is 1.89 bits per heavy atom. The van der Waals surface area contributed by atoms with Gasteiger partial charge in [-0.3, -0.25) is 18.6 Å². The molecular formula is C16H23O10P. The molecule has 0 spiro atoms. The fourth-order valence-corrected chi connectivity index (χ4v) is 3.86. The first-order valence-corrected chi connectivity index (χ1v) is 9.74. The first kappa shape index (κ1) is 21.9. The smallest absolute Gasteiger partial charge is 0.449 e. The maximum absolute atomic E-state index is 12.3. The molecule has 152 valence electrons. The Balaban J connectivity index is 1.99. The Kier molecular flexibility index (Phi) is 6.11. The zero-order valence-corrected chi connectivity index (χ0v) is 16.3. The number of rotatable bonds is 6. The molecule has 0 aromatic heterocycles. The van der Waals surface area contributed by atoms with Crippen molar-refractivity contribution in [3.05, 3.63) is 11.1 Å². The normalized spacial score (nSPS) is 31.7. The van der Waals surface area contributed by atoms with Crippen LogP contribution in [-0.4, -0.2) is 63.7 Å². The highest BCUT2D eigenvalue weighted by Crippen LogP contribution is 2.49. The Labute approximate surface area is 155 Å². The number of cyclic esters (lactones) is 1. The summed E-state index contributed by atoms with van der Waals surface area (Å²) in [7, 11) is -4.76. The number of hydrogen-bond donors (Lipinski definition) is 3. The Hall–Kier alpha value is -1.42. The molecule has 3 N–H and O–H groups in total. The van der Waals surface area contributed by atoms with Crippen molar-refractivity contribution in [1.29, 1.82) is 0 Å². The van der Waals surface area contributed by atoms with Crippen molar-refractivity contribution in [3.8, 4) is 0 Å². The average molecular weight is 406 g/mol. The zero-order chi connectivity index (χ0) is 20.7. The van der Waals surface area contributed by atoms with Crippen LogP contribution in [0.3, 0.4) is 0 Å². The van der Waals surface area contributed by atoms with Crippen molar-refractivity contribution in [3.63, 3.8) is 0 Å². The Morgan fingerprint density at radius 3 is 2.41 bits per heavy atom.